The van der Waals surface area contributed by atoms with Crippen LogP contribution >= 0.6 is 0 Å². The van der Waals surface area contributed by atoms with E-state index in [9.17, 15) is 39.0 Å². The zero-order chi connectivity index (χ0) is 24.4. The zero-order valence-corrected chi connectivity index (χ0v) is 17.6. The number of carbonyl (C=O) groups excluding carboxylic acids is 6. The van der Waals surface area contributed by atoms with E-state index < -0.39 is 71.7 Å². The van der Waals surface area contributed by atoms with Gasteiger partial charge >= 0.3 is 11.9 Å². The molecule has 0 rings (SSSR count). The van der Waals surface area contributed by atoms with Crippen LogP contribution in [-0.4, -0.2) is 92.1 Å². The number of carbonyl (C=O) groups is 6. The van der Waals surface area contributed by atoms with E-state index in [1.165, 1.54) is 0 Å². The van der Waals surface area contributed by atoms with Crippen molar-refractivity contribution in [3.8, 4) is 0 Å². The van der Waals surface area contributed by atoms with Crippen LogP contribution < -0.4 is 0 Å². The molecule has 0 spiro atoms. The maximum atomic E-state index is 11.3. The third kappa shape index (κ3) is 6.76. The standard InChI is InChI=1S/2C9H14O6/c2*1-5(11)9(6(2)12,8(14)4-10)15-7(3)13/h2*8,10,14H,4H2,1-3H3. The molecule has 0 aliphatic carbocycles. The molecule has 0 fully saturated rings. The molecule has 4 N–H and O–H groups in total. The van der Waals surface area contributed by atoms with Gasteiger partial charge in [0.25, 0.3) is 11.2 Å². The Bertz CT molecular complexity index is 595. The lowest BCUT2D eigenvalue weighted by Crippen LogP contribution is -2.58. The second-order valence-electron chi connectivity index (χ2n) is 6.28. The molecule has 0 aliphatic heterocycles. The van der Waals surface area contributed by atoms with Crippen molar-refractivity contribution in [1.82, 2.24) is 0 Å². The third-order valence-electron chi connectivity index (χ3n) is 3.99. The number of ketones is 4. The molecule has 0 aromatic carbocycles. The fourth-order valence-electron chi connectivity index (χ4n) is 2.57. The van der Waals surface area contributed by atoms with Gasteiger partial charge in [0.2, 0.25) is 0 Å². The molecule has 0 radical (unpaired) electrons. The van der Waals surface area contributed by atoms with Crippen LogP contribution in [0.5, 0.6) is 0 Å². The largest absolute Gasteiger partial charge is 0.440 e. The van der Waals surface area contributed by atoms with Gasteiger partial charge in [0.15, 0.2) is 23.1 Å². The first-order chi connectivity index (χ1) is 13.6. The molecular formula is C18H28O12. The average molecular weight is 436 g/mol. The van der Waals surface area contributed by atoms with Crippen LogP contribution in [0.15, 0.2) is 0 Å². The summed E-state index contributed by atoms with van der Waals surface area (Å²) in [6.45, 7) is 4.31. The van der Waals surface area contributed by atoms with Gasteiger partial charge < -0.3 is 29.9 Å². The quantitative estimate of drug-likeness (QED) is 0.210. The number of Topliss-reactive ketones (excluding diaryl/α,β-unsaturated/α-hetero) is 4. The number of rotatable bonds is 10. The van der Waals surface area contributed by atoms with Crippen molar-refractivity contribution in [2.45, 2.75) is 65.0 Å². The molecule has 0 saturated carbocycles. The summed E-state index contributed by atoms with van der Waals surface area (Å²) in [5, 5.41) is 36.2. The molecule has 12 nitrogen and oxygen atoms in total. The van der Waals surface area contributed by atoms with Gasteiger partial charge in [-0.25, -0.2) is 0 Å². The summed E-state index contributed by atoms with van der Waals surface area (Å²) in [6.07, 6.45) is -3.51. The molecule has 0 saturated heterocycles. The van der Waals surface area contributed by atoms with Crippen molar-refractivity contribution < 1.29 is 58.7 Å². The van der Waals surface area contributed by atoms with Gasteiger partial charge in [-0.2, -0.15) is 0 Å². The molecule has 0 heterocycles. The van der Waals surface area contributed by atoms with E-state index in [0.717, 1.165) is 41.5 Å². The Hall–Kier alpha value is -2.54. The molecule has 2 atom stereocenters. The first-order valence-corrected chi connectivity index (χ1v) is 8.58. The van der Waals surface area contributed by atoms with Gasteiger partial charge in [-0.1, -0.05) is 0 Å². The Balaban J connectivity index is 0. The van der Waals surface area contributed by atoms with Crippen LogP contribution in [0.1, 0.15) is 41.5 Å². The van der Waals surface area contributed by atoms with Crippen molar-refractivity contribution >= 4 is 35.1 Å². The van der Waals surface area contributed by atoms with E-state index in [2.05, 4.69) is 9.47 Å². The summed E-state index contributed by atoms with van der Waals surface area (Å²) >= 11 is 0. The predicted octanol–water partition coefficient (Wildman–Crippen LogP) is -2.36. The SMILES string of the molecule is CC(=O)OC(C(C)=O)(C(C)=O)C(O)CO.CC(=O)OC(C(C)=O)(C(C)=O)C(O)CO. The van der Waals surface area contributed by atoms with E-state index in [1.54, 1.807) is 0 Å². The van der Waals surface area contributed by atoms with Crippen molar-refractivity contribution in [3.05, 3.63) is 0 Å². The monoisotopic (exact) mass is 436 g/mol. The number of esters is 2. The van der Waals surface area contributed by atoms with Crippen molar-refractivity contribution in [2.75, 3.05) is 13.2 Å². The molecule has 172 valence electrons. The minimum Gasteiger partial charge on any atom is -0.440 e. The summed E-state index contributed by atoms with van der Waals surface area (Å²) in [6, 6.07) is 0. The summed E-state index contributed by atoms with van der Waals surface area (Å²) in [5.74, 6) is -5.07. The van der Waals surface area contributed by atoms with E-state index >= 15 is 0 Å². The Morgan fingerprint density at radius 3 is 0.900 bits per heavy atom. The van der Waals surface area contributed by atoms with Gasteiger partial charge in [-0.3, -0.25) is 28.8 Å². The molecule has 30 heavy (non-hydrogen) atoms. The van der Waals surface area contributed by atoms with Gasteiger partial charge in [0, 0.05) is 13.8 Å². The molecule has 0 amide bonds. The van der Waals surface area contributed by atoms with Crippen LogP contribution in [-0.2, 0) is 38.2 Å². The molecule has 0 bridgehead atoms. The molecule has 0 aromatic rings. The first-order valence-electron chi connectivity index (χ1n) is 8.58. The molecule has 12 heteroatoms. The van der Waals surface area contributed by atoms with E-state index in [1.807, 2.05) is 0 Å². The highest BCUT2D eigenvalue weighted by Gasteiger charge is 2.51. The average Bonchev–Trinajstić information content (AvgIpc) is 2.61. The lowest BCUT2D eigenvalue weighted by Gasteiger charge is -2.31. The minimum absolute atomic E-state index is 0.827. The Kier molecular flexibility index (Phi) is 12.1. The summed E-state index contributed by atoms with van der Waals surface area (Å²) in [5.41, 5.74) is -4.58. The van der Waals surface area contributed by atoms with Crippen LogP contribution in [0.4, 0.5) is 0 Å². The van der Waals surface area contributed by atoms with Crippen molar-refractivity contribution in [2.24, 2.45) is 0 Å². The van der Waals surface area contributed by atoms with Crippen LogP contribution in [0, 0.1) is 0 Å². The normalized spacial score (nSPS) is 13.1. The van der Waals surface area contributed by atoms with Crippen LogP contribution in [0.3, 0.4) is 0 Å². The van der Waals surface area contributed by atoms with E-state index in [0.29, 0.717) is 0 Å². The Morgan fingerprint density at radius 1 is 0.600 bits per heavy atom. The highest BCUT2D eigenvalue weighted by molar-refractivity contribution is 6.11. The molecule has 0 aliphatic rings. The summed E-state index contributed by atoms with van der Waals surface area (Å²) in [7, 11) is 0. The second-order valence-corrected chi connectivity index (χ2v) is 6.28. The number of aliphatic hydroxyl groups excluding tert-OH is 4. The van der Waals surface area contributed by atoms with Gasteiger partial charge in [0.1, 0.15) is 12.2 Å². The minimum atomic E-state index is -2.29. The number of aliphatic hydroxyl groups is 4. The van der Waals surface area contributed by atoms with Crippen molar-refractivity contribution in [3.63, 3.8) is 0 Å². The smallest absolute Gasteiger partial charge is 0.304 e. The number of hydrogen-bond acceptors (Lipinski definition) is 12. The fraction of sp³-hybridized carbons (Fsp3) is 0.667. The maximum Gasteiger partial charge on any atom is 0.304 e. The Labute approximate surface area is 172 Å². The van der Waals surface area contributed by atoms with Crippen LogP contribution in [0.25, 0.3) is 0 Å². The predicted molar refractivity (Wildman–Crippen MR) is 97.9 cm³/mol. The third-order valence-corrected chi connectivity index (χ3v) is 3.99. The molecule has 0 aromatic heterocycles. The van der Waals surface area contributed by atoms with Gasteiger partial charge in [-0.15, -0.1) is 0 Å². The molecular weight excluding hydrogens is 408 g/mol. The van der Waals surface area contributed by atoms with Gasteiger partial charge in [0.05, 0.1) is 13.2 Å². The Morgan fingerprint density at radius 2 is 0.800 bits per heavy atom. The number of hydrogen-bond donors (Lipinski definition) is 4. The topological polar surface area (TPSA) is 202 Å². The van der Waals surface area contributed by atoms with E-state index in [-0.39, 0.29) is 0 Å². The maximum absolute atomic E-state index is 11.3. The second kappa shape index (κ2) is 12.2. The van der Waals surface area contributed by atoms with Crippen LogP contribution in [0.2, 0.25) is 0 Å². The lowest BCUT2D eigenvalue weighted by atomic mass is 9.88. The molecule has 2 unspecified atom stereocenters. The zero-order valence-electron chi connectivity index (χ0n) is 17.6. The highest BCUT2D eigenvalue weighted by atomic mass is 16.6. The first kappa shape index (κ1) is 29.7. The van der Waals surface area contributed by atoms with Crippen molar-refractivity contribution in [1.29, 1.82) is 0 Å². The fourth-order valence-corrected chi connectivity index (χ4v) is 2.57. The summed E-state index contributed by atoms with van der Waals surface area (Å²) in [4.78, 5) is 66.6. The lowest BCUT2D eigenvalue weighted by molar-refractivity contribution is -0.184. The summed E-state index contributed by atoms with van der Waals surface area (Å²) < 4.78 is 9.13. The van der Waals surface area contributed by atoms with Gasteiger partial charge in [-0.05, 0) is 27.7 Å². The number of ether oxygens (including phenoxy) is 2. The highest BCUT2D eigenvalue weighted by Crippen LogP contribution is 2.21. The van der Waals surface area contributed by atoms with E-state index in [4.69, 9.17) is 10.2 Å².